The summed E-state index contributed by atoms with van der Waals surface area (Å²) in [6, 6.07) is 15.1. The molecule has 1 unspecified atom stereocenters. The van der Waals surface area contributed by atoms with Gasteiger partial charge in [0.2, 0.25) is 5.91 Å². The van der Waals surface area contributed by atoms with Crippen LogP contribution < -0.4 is 14.8 Å². The molecule has 0 radical (unpaired) electrons. The van der Waals surface area contributed by atoms with Crippen LogP contribution in [0.5, 0.6) is 11.5 Å². The Bertz CT molecular complexity index is 758. The van der Waals surface area contributed by atoms with Crippen molar-refractivity contribution in [2.75, 3.05) is 33.4 Å². The van der Waals surface area contributed by atoms with Gasteiger partial charge in [-0.3, -0.25) is 4.79 Å². The average Bonchev–Trinajstić information content (AvgIpc) is 2.68. The van der Waals surface area contributed by atoms with Crippen LogP contribution in [-0.4, -0.2) is 44.2 Å². The largest absolute Gasteiger partial charge is 0.493 e. The number of benzene rings is 2. The van der Waals surface area contributed by atoms with Crippen molar-refractivity contribution >= 4 is 29.9 Å². The van der Waals surface area contributed by atoms with E-state index in [2.05, 4.69) is 5.32 Å². The highest BCUT2D eigenvalue weighted by atomic mass is 35.5. The smallest absolute Gasteiger partial charge is 0.226 e. The van der Waals surface area contributed by atoms with Crippen molar-refractivity contribution in [3.8, 4) is 11.5 Å². The fourth-order valence-electron chi connectivity index (χ4n) is 3.14. The molecule has 1 N–H and O–H groups in total. The number of ether oxygens (including phenoxy) is 2. The number of carbonyl (C=O) groups excluding carboxylic acids is 1. The van der Waals surface area contributed by atoms with Gasteiger partial charge in [-0.1, -0.05) is 35.9 Å². The zero-order chi connectivity index (χ0) is 18.4. The van der Waals surface area contributed by atoms with Gasteiger partial charge in [-0.25, -0.2) is 0 Å². The summed E-state index contributed by atoms with van der Waals surface area (Å²) in [5.74, 6) is 1.39. The normalized spacial score (nSPS) is 16.4. The maximum absolute atomic E-state index is 12.8. The third-order valence-electron chi connectivity index (χ3n) is 4.44. The first-order valence-corrected chi connectivity index (χ1v) is 9.08. The minimum absolute atomic E-state index is 0. The van der Waals surface area contributed by atoms with Gasteiger partial charge in [0, 0.05) is 24.7 Å². The molecule has 1 saturated heterocycles. The fourth-order valence-corrected chi connectivity index (χ4v) is 3.34. The lowest BCUT2D eigenvalue weighted by molar-refractivity contribution is -0.135. The van der Waals surface area contributed by atoms with Crippen LogP contribution in [0.4, 0.5) is 0 Å². The number of amides is 1. The van der Waals surface area contributed by atoms with E-state index in [1.807, 2.05) is 53.4 Å². The van der Waals surface area contributed by atoms with Crippen molar-refractivity contribution in [2.45, 2.75) is 12.5 Å². The third kappa shape index (κ3) is 5.51. The van der Waals surface area contributed by atoms with E-state index in [4.69, 9.17) is 21.1 Å². The molecule has 0 bridgehead atoms. The lowest BCUT2D eigenvalue weighted by Gasteiger charge is -2.36. The van der Waals surface area contributed by atoms with Crippen molar-refractivity contribution in [2.24, 2.45) is 0 Å². The maximum Gasteiger partial charge on any atom is 0.226 e. The highest BCUT2D eigenvalue weighted by Gasteiger charge is 2.27. The van der Waals surface area contributed by atoms with Gasteiger partial charge in [-0.05, 0) is 29.8 Å². The number of hydrogen-bond donors (Lipinski definition) is 1. The number of para-hydroxylation sites is 2. The van der Waals surface area contributed by atoms with Gasteiger partial charge in [0.05, 0.1) is 26.2 Å². The summed E-state index contributed by atoms with van der Waals surface area (Å²) in [5.41, 5.74) is 1.05. The molecule has 27 heavy (non-hydrogen) atoms. The molecule has 5 nitrogen and oxygen atoms in total. The second kappa shape index (κ2) is 10.4. The first-order chi connectivity index (χ1) is 12.7. The minimum Gasteiger partial charge on any atom is -0.493 e. The van der Waals surface area contributed by atoms with Gasteiger partial charge in [0.15, 0.2) is 11.5 Å². The minimum atomic E-state index is -0.0128. The van der Waals surface area contributed by atoms with E-state index in [0.717, 1.165) is 18.7 Å². The molecule has 0 aliphatic carbocycles. The number of halogens is 2. The summed E-state index contributed by atoms with van der Waals surface area (Å²) in [6.07, 6.45) is 0.315. The molecule has 0 spiro atoms. The van der Waals surface area contributed by atoms with Crippen molar-refractivity contribution in [3.05, 3.63) is 59.1 Å². The van der Waals surface area contributed by atoms with E-state index in [-0.39, 0.29) is 24.4 Å². The molecule has 7 heteroatoms. The van der Waals surface area contributed by atoms with Crippen LogP contribution in [0.1, 0.15) is 18.0 Å². The van der Waals surface area contributed by atoms with Crippen LogP contribution in [0.15, 0.2) is 48.5 Å². The van der Waals surface area contributed by atoms with Crippen LogP contribution in [0.2, 0.25) is 5.02 Å². The molecule has 1 atom stereocenters. The molecular formula is C20H24Cl2N2O3. The highest BCUT2D eigenvalue weighted by molar-refractivity contribution is 6.30. The highest BCUT2D eigenvalue weighted by Crippen LogP contribution is 2.27. The first kappa shape index (κ1) is 21.4. The predicted molar refractivity (Wildman–Crippen MR) is 109 cm³/mol. The number of hydrogen-bond acceptors (Lipinski definition) is 4. The summed E-state index contributed by atoms with van der Waals surface area (Å²) in [6.45, 7) is 2.49. The van der Waals surface area contributed by atoms with Crippen LogP contribution in [0, 0.1) is 0 Å². The van der Waals surface area contributed by atoms with E-state index in [1.165, 1.54) is 0 Å². The molecule has 0 saturated carbocycles. The SMILES string of the molecule is COc1ccccc1OCCC(=O)N1CCNCC1c1cccc(Cl)c1.Cl. The Morgan fingerprint density at radius 2 is 2.00 bits per heavy atom. The lowest BCUT2D eigenvalue weighted by atomic mass is 10.0. The van der Waals surface area contributed by atoms with Gasteiger partial charge in [-0.2, -0.15) is 0 Å². The Hall–Kier alpha value is -1.95. The molecule has 1 fully saturated rings. The van der Waals surface area contributed by atoms with Crippen LogP contribution in [0.3, 0.4) is 0 Å². The Morgan fingerprint density at radius 3 is 2.74 bits per heavy atom. The summed E-state index contributed by atoms with van der Waals surface area (Å²) in [4.78, 5) is 14.7. The molecule has 3 rings (SSSR count). The molecule has 146 valence electrons. The summed E-state index contributed by atoms with van der Waals surface area (Å²) < 4.78 is 11.0. The quantitative estimate of drug-likeness (QED) is 0.788. The van der Waals surface area contributed by atoms with Crippen LogP contribution in [0.25, 0.3) is 0 Å². The number of rotatable bonds is 6. The summed E-state index contributed by atoms with van der Waals surface area (Å²) >= 11 is 6.12. The standard InChI is InChI=1S/C20H23ClN2O3.ClH/c1-25-18-7-2-3-8-19(18)26-12-9-20(24)23-11-10-22-14-17(23)15-5-4-6-16(21)13-15;/h2-8,13,17,22H,9-12,14H2,1H3;1H. The van der Waals surface area contributed by atoms with E-state index in [1.54, 1.807) is 7.11 Å². The Balaban J connectivity index is 0.00000261. The van der Waals surface area contributed by atoms with Crippen LogP contribution >= 0.6 is 24.0 Å². The molecule has 1 aliphatic rings. The summed E-state index contributed by atoms with van der Waals surface area (Å²) in [5, 5.41) is 4.03. The van der Waals surface area contributed by atoms with Crippen LogP contribution in [-0.2, 0) is 4.79 Å². The Kier molecular flexibility index (Phi) is 8.23. The van der Waals surface area contributed by atoms with E-state index in [0.29, 0.717) is 36.1 Å². The number of carbonyl (C=O) groups is 1. The third-order valence-corrected chi connectivity index (χ3v) is 4.67. The van der Waals surface area contributed by atoms with Gasteiger partial charge < -0.3 is 19.7 Å². The number of piperazine rings is 1. The Morgan fingerprint density at radius 1 is 1.22 bits per heavy atom. The van der Waals surface area contributed by atoms with Crippen molar-refractivity contribution in [1.82, 2.24) is 10.2 Å². The number of methoxy groups -OCH3 is 1. The molecule has 1 aliphatic heterocycles. The Labute approximate surface area is 171 Å². The molecule has 2 aromatic carbocycles. The molecular weight excluding hydrogens is 387 g/mol. The average molecular weight is 411 g/mol. The monoisotopic (exact) mass is 410 g/mol. The van der Waals surface area contributed by atoms with Gasteiger partial charge in [0.25, 0.3) is 0 Å². The molecule has 0 aromatic heterocycles. The summed E-state index contributed by atoms with van der Waals surface area (Å²) in [7, 11) is 1.60. The predicted octanol–water partition coefficient (Wildman–Crippen LogP) is 3.71. The van der Waals surface area contributed by atoms with E-state index in [9.17, 15) is 4.79 Å². The maximum atomic E-state index is 12.8. The topological polar surface area (TPSA) is 50.8 Å². The first-order valence-electron chi connectivity index (χ1n) is 8.70. The zero-order valence-corrected chi connectivity index (χ0v) is 16.8. The zero-order valence-electron chi connectivity index (χ0n) is 15.2. The van der Waals surface area contributed by atoms with E-state index >= 15 is 0 Å². The van der Waals surface area contributed by atoms with Gasteiger partial charge in [0.1, 0.15) is 0 Å². The van der Waals surface area contributed by atoms with Crippen molar-refractivity contribution in [3.63, 3.8) is 0 Å². The van der Waals surface area contributed by atoms with Crippen molar-refractivity contribution < 1.29 is 14.3 Å². The lowest BCUT2D eigenvalue weighted by Crippen LogP contribution is -2.48. The van der Waals surface area contributed by atoms with E-state index < -0.39 is 0 Å². The molecule has 1 amide bonds. The second-order valence-corrected chi connectivity index (χ2v) is 6.55. The van der Waals surface area contributed by atoms with Gasteiger partial charge in [-0.15, -0.1) is 12.4 Å². The van der Waals surface area contributed by atoms with Crippen molar-refractivity contribution in [1.29, 1.82) is 0 Å². The molecule has 2 aromatic rings. The molecule has 1 heterocycles. The fraction of sp³-hybridized carbons (Fsp3) is 0.350. The number of nitrogens with zero attached hydrogens (tertiary/aromatic N) is 1. The number of nitrogens with one attached hydrogen (secondary N) is 1. The van der Waals surface area contributed by atoms with Gasteiger partial charge >= 0.3 is 0 Å². The second-order valence-electron chi connectivity index (χ2n) is 6.11.